The fraction of sp³-hybridized carbons (Fsp3) is 0.706. The smallest absolute Gasteiger partial charge is 0.315 e. The summed E-state index contributed by atoms with van der Waals surface area (Å²) in [4.78, 5) is 54.3. The minimum absolute atomic E-state index is 0.0569. The van der Waals surface area contributed by atoms with E-state index in [1.807, 2.05) is 20.8 Å². The summed E-state index contributed by atoms with van der Waals surface area (Å²) in [7, 11) is -3.69. The Labute approximate surface area is 277 Å². The average Bonchev–Trinajstić information content (AvgIpc) is 3.74. The van der Waals surface area contributed by atoms with E-state index in [9.17, 15) is 32.7 Å². The summed E-state index contributed by atoms with van der Waals surface area (Å²) < 4.78 is 26.7. The maximum atomic E-state index is 14.4. The molecule has 0 aromatic heterocycles. The normalized spacial score (nSPS) is 26.5. The molecule has 4 aliphatic rings. The number of primary amides is 1. The highest BCUT2D eigenvalue weighted by molar-refractivity contribution is 7.91. The summed E-state index contributed by atoms with van der Waals surface area (Å²) in [6, 6.07) is 4.90. The van der Waals surface area contributed by atoms with Crippen LogP contribution >= 0.6 is 0 Å². The lowest BCUT2D eigenvalue weighted by atomic mass is 9.85. The molecule has 6 atom stereocenters. The molecule has 12 nitrogen and oxygen atoms in total. The third-order valence-corrected chi connectivity index (χ3v) is 12.9. The zero-order valence-electron chi connectivity index (χ0n) is 28.1. The van der Waals surface area contributed by atoms with E-state index in [1.54, 1.807) is 35.2 Å². The number of nitrogens with one attached hydrogen (secondary N) is 3. The Bertz CT molecular complexity index is 1480. The van der Waals surface area contributed by atoms with Crippen molar-refractivity contribution in [1.82, 2.24) is 20.9 Å². The molecule has 1 aromatic carbocycles. The number of aliphatic hydroxyl groups excluding tert-OH is 1. The van der Waals surface area contributed by atoms with Gasteiger partial charge in [0.25, 0.3) is 5.91 Å². The Balaban J connectivity index is 1.33. The molecule has 0 bridgehead atoms. The Morgan fingerprint density at radius 2 is 1.68 bits per heavy atom. The maximum absolute atomic E-state index is 14.4. The Morgan fingerprint density at radius 3 is 2.23 bits per heavy atom. The molecule has 3 aliphatic carbocycles. The second-order valence-electron chi connectivity index (χ2n) is 16.0. The number of nitrogens with zero attached hydrogens (tertiary/aromatic N) is 1. The van der Waals surface area contributed by atoms with Crippen LogP contribution in [0.2, 0.25) is 0 Å². The van der Waals surface area contributed by atoms with Crippen molar-refractivity contribution in [3.05, 3.63) is 30.3 Å². The molecular weight excluding hydrogens is 622 g/mol. The van der Waals surface area contributed by atoms with Gasteiger partial charge in [-0.25, -0.2) is 13.2 Å². The van der Waals surface area contributed by atoms with Crippen LogP contribution < -0.4 is 21.7 Å². The lowest BCUT2D eigenvalue weighted by Gasteiger charge is -2.40. The number of Topliss-reactive ketones (excluding diaryl/α,β-unsaturated/α-hetero) is 1. The molecule has 1 aromatic rings. The summed E-state index contributed by atoms with van der Waals surface area (Å²) >= 11 is 0. The molecule has 1 saturated heterocycles. The molecule has 1 aliphatic heterocycles. The van der Waals surface area contributed by atoms with Crippen molar-refractivity contribution in [2.45, 2.75) is 114 Å². The fourth-order valence-electron chi connectivity index (χ4n) is 8.01. The number of amides is 4. The van der Waals surface area contributed by atoms with Gasteiger partial charge in [0.05, 0.1) is 28.3 Å². The number of ketones is 1. The second kappa shape index (κ2) is 12.8. The molecule has 3 saturated carbocycles. The monoisotopic (exact) mass is 673 g/mol. The third kappa shape index (κ3) is 7.51. The van der Waals surface area contributed by atoms with E-state index in [0.717, 1.165) is 25.7 Å². The lowest BCUT2D eigenvalue weighted by molar-refractivity contribution is -0.142. The van der Waals surface area contributed by atoms with Gasteiger partial charge in [-0.15, -0.1) is 0 Å². The zero-order valence-corrected chi connectivity index (χ0v) is 28.9. The zero-order chi connectivity index (χ0) is 34.5. The molecule has 0 spiro atoms. The number of piperidine rings is 1. The largest absolute Gasteiger partial charge is 0.376 e. The number of sulfone groups is 1. The number of aliphatic hydroxyl groups is 1. The average molecular weight is 674 g/mol. The highest BCUT2D eigenvalue weighted by atomic mass is 32.2. The van der Waals surface area contributed by atoms with Gasteiger partial charge < -0.3 is 26.4 Å². The van der Waals surface area contributed by atoms with Gasteiger partial charge in [-0.1, -0.05) is 78.5 Å². The van der Waals surface area contributed by atoms with E-state index in [0.29, 0.717) is 25.8 Å². The molecule has 4 amide bonds. The van der Waals surface area contributed by atoms with Crippen molar-refractivity contribution in [2.24, 2.45) is 34.3 Å². The molecule has 13 heteroatoms. The number of carbonyl (C=O) groups is 4. The fourth-order valence-corrected chi connectivity index (χ4v) is 9.84. The molecule has 6 N–H and O–H groups in total. The molecule has 0 radical (unpaired) electrons. The number of carbonyl (C=O) groups excluding carboxylic acids is 4. The van der Waals surface area contributed by atoms with Crippen molar-refractivity contribution < 1.29 is 32.7 Å². The molecule has 1 heterocycles. The number of benzene rings is 1. The quantitative estimate of drug-likeness (QED) is 0.156. The van der Waals surface area contributed by atoms with Crippen molar-refractivity contribution >= 4 is 33.5 Å². The minimum Gasteiger partial charge on any atom is -0.376 e. The van der Waals surface area contributed by atoms with Gasteiger partial charge in [-0.05, 0) is 60.0 Å². The molecule has 5 unspecified atom stereocenters. The number of hydrogen-bond donors (Lipinski definition) is 5. The van der Waals surface area contributed by atoms with E-state index < -0.39 is 62.9 Å². The first-order valence-electron chi connectivity index (χ1n) is 16.8. The lowest BCUT2D eigenvalue weighted by Crippen LogP contribution is -2.64. The van der Waals surface area contributed by atoms with Gasteiger partial charge in [0.2, 0.25) is 11.7 Å². The number of nitrogens with two attached hydrogens (primary N) is 1. The SMILES string of the molecule is CC1(C)C2CN(C(=O)[C@@H](NC(=O)NC3(CS(=O)(=O)c4ccccc4)CCCC3)C(C)(C)C)C(C(O)NC(CC3CC3)C(=O)C(N)=O)C21. The predicted molar refractivity (Wildman–Crippen MR) is 175 cm³/mol. The van der Waals surface area contributed by atoms with Crippen molar-refractivity contribution in [2.75, 3.05) is 12.3 Å². The minimum atomic E-state index is -3.69. The first-order valence-corrected chi connectivity index (χ1v) is 18.5. The van der Waals surface area contributed by atoms with Crippen LogP contribution in [0.1, 0.15) is 79.6 Å². The summed E-state index contributed by atoms with van der Waals surface area (Å²) in [6.45, 7) is 10.0. The summed E-state index contributed by atoms with van der Waals surface area (Å²) in [6.07, 6.45) is 3.48. The highest BCUT2D eigenvalue weighted by Gasteiger charge is 2.69. The van der Waals surface area contributed by atoms with Gasteiger partial charge >= 0.3 is 6.03 Å². The highest BCUT2D eigenvalue weighted by Crippen LogP contribution is 2.65. The number of hydrogen-bond acceptors (Lipinski definition) is 8. The van der Waals surface area contributed by atoms with Crippen molar-refractivity contribution in [3.8, 4) is 0 Å². The molecular formula is C34H51N5O7S. The van der Waals surface area contributed by atoms with E-state index in [2.05, 4.69) is 29.8 Å². The molecule has 5 rings (SSSR count). The van der Waals surface area contributed by atoms with Crippen LogP contribution in [0.15, 0.2) is 35.2 Å². The van der Waals surface area contributed by atoms with Gasteiger partial charge in [0, 0.05) is 6.54 Å². The van der Waals surface area contributed by atoms with E-state index in [1.165, 1.54) is 0 Å². The number of urea groups is 1. The van der Waals surface area contributed by atoms with Crippen LogP contribution in [0.5, 0.6) is 0 Å². The van der Waals surface area contributed by atoms with E-state index >= 15 is 0 Å². The van der Waals surface area contributed by atoms with E-state index in [4.69, 9.17) is 5.73 Å². The second-order valence-corrected chi connectivity index (χ2v) is 18.0. The van der Waals surface area contributed by atoms with Crippen LogP contribution in [0.25, 0.3) is 0 Å². The predicted octanol–water partition coefficient (Wildman–Crippen LogP) is 2.10. The van der Waals surface area contributed by atoms with Gasteiger partial charge in [-0.3, -0.25) is 19.7 Å². The number of rotatable bonds is 13. The van der Waals surface area contributed by atoms with Crippen LogP contribution in [0.3, 0.4) is 0 Å². The Hall–Kier alpha value is -3.03. The third-order valence-electron chi connectivity index (χ3n) is 11.0. The number of fused-ring (bicyclic) bond motifs is 1. The Kier molecular flexibility index (Phi) is 9.59. The first kappa shape index (κ1) is 35.3. The summed E-state index contributed by atoms with van der Waals surface area (Å²) in [5.41, 5.74) is 3.46. The van der Waals surface area contributed by atoms with E-state index in [-0.39, 0.29) is 39.7 Å². The maximum Gasteiger partial charge on any atom is 0.315 e. The van der Waals surface area contributed by atoms with Crippen LogP contribution in [-0.2, 0) is 24.2 Å². The topological polar surface area (TPSA) is 188 Å². The van der Waals surface area contributed by atoms with Gasteiger partial charge in [-0.2, -0.15) is 0 Å². The van der Waals surface area contributed by atoms with Gasteiger partial charge in [0.1, 0.15) is 12.3 Å². The molecule has 4 fully saturated rings. The first-order chi connectivity index (χ1) is 21.9. The molecule has 260 valence electrons. The molecule has 47 heavy (non-hydrogen) atoms. The van der Waals surface area contributed by atoms with Crippen molar-refractivity contribution in [1.29, 1.82) is 0 Å². The number of likely N-dealkylation sites (tertiary alicyclic amines) is 1. The summed E-state index contributed by atoms with van der Waals surface area (Å²) in [5, 5.41) is 20.3. The van der Waals surface area contributed by atoms with Crippen LogP contribution in [-0.4, -0.2) is 84.2 Å². The standard InChI is InChI=1S/C34H51N5O7S/c1-32(2,3)27(37-31(44)38-34(15-9-10-16-34)19-47(45,46)21-11-7-6-8-12-21)30(43)39-18-22-24(33(22,4)5)25(39)29(42)36-23(17-20-13-14-20)26(40)28(35)41/h6-8,11-12,20,22-25,27,29,36,42H,9-10,13-19H2,1-5H3,(H2,35,41)(H2,37,38,44)/t22?,23?,24?,25?,27-,29?/m1/s1. The Morgan fingerprint density at radius 1 is 1.06 bits per heavy atom. The van der Waals surface area contributed by atoms with Crippen LogP contribution in [0, 0.1) is 28.6 Å². The van der Waals surface area contributed by atoms with Crippen LogP contribution in [0.4, 0.5) is 4.79 Å². The van der Waals surface area contributed by atoms with Gasteiger partial charge in [0.15, 0.2) is 9.84 Å². The van der Waals surface area contributed by atoms with Crippen molar-refractivity contribution in [3.63, 3.8) is 0 Å². The summed E-state index contributed by atoms with van der Waals surface area (Å²) in [5.74, 6) is -2.16.